The fourth-order valence-electron chi connectivity index (χ4n) is 4.65. The van der Waals surface area contributed by atoms with Crippen molar-refractivity contribution in [3.8, 4) is 0 Å². The molecular formula is C23H30N6O2. The quantitative estimate of drug-likeness (QED) is 0.435. The zero-order valence-corrected chi connectivity index (χ0v) is 17.7. The summed E-state index contributed by atoms with van der Waals surface area (Å²) in [5, 5.41) is 13.0. The van der Waals surface area contributed by atoms with Crippen LogP contribution in [0, 0.1) is 11.8 Å². The number of piperidine rings is 2. The average Bonchev–Trinajstić information content (AvgIpc) is 2.82. The predicted octanol–water partition coefficient (Wildman–Crippen LogP) is 2.39. The molecule has 0 unspecified atom stereocenters. The van der Waals surface area contributed by atoms with Crippen molar-refractivity contribution in [1.29, 1.82) is 0 Å². The zero-order chi connectivity index (χ0) is 21.6. The minimum Gasteiger partial charge on any atom is -0.411 e. The second kappa shape index (κ2) is 9.87. The molecule has 1 amide bonds. The third-order valence-corrected chi connectivity index (χ3v) is 6.51. The van der Waals surface area contributed by atoms with Crippen LogP contribution in [-0.4, -0.2) is 62.8 Å². The molecule has 0 saturated carbocycles. The molecule has 2 aromatic rings. The summed E-state index contributed by atoms with van der Waals surface area (Å²) in [5.74, 6) is 0.475. The largest absolute Gasteiger partial charge is 0.411 e. The van der Waals surface area contributed by atoms with Crippen molar-refractivity contribution in [3.05, 3.63) is 54.1 Å². The third kappa shape index (κ3) is 5.02. The van der Waals surface area contributed by atoms with Crippen LogP contribution in [-0.2, 0) is 11.3 Å². The monoisotopic (exact) mass is 422 g/mol. The number of oxime groups is 1. The number of hydrogen-bond donors (Lipinski definition) is 2. The van der Waals surface area contributed by atoms with Crippen LogP contribution < -0.4 is 5.73 Å². The van der Waals surface area contributed by atoms with Gasteiger partial charge in [-0.2, -0.15) is 0 Å². The molecule has 2 aromatic heterocycles. The number of rotatable bonds is 5. The average molecular weight is 423 g/mol. The van der Waals surface area contributed by atoms with Crippen molar-refractivity contribution >= 4 is 17.3 Å². The lowest BCUT2D eigenvalue weighted by Crippen LogP contribution is -2.46. The van der Waals surface area contributed by atoms with Crippen LogP contribution in [0.1, 0.15) is 36.9 Å². The summed E-state index contributed by atoms with van der Waals surface area (Å²) in [6.07, 6.45) is 8.50. The Kier molecular flexibility index (Phi) is 6.76. The zero-order valence-electron chi connectivity index (χ0n) is 17.7. The Labute approximate surface area is 182 Å². The fraction of sp³-hybridized carbons (Fsp3) is 0.478. The lowest BCUT2D eigenvalue weighted by atomic mass is 9.88. The van der Waals surface area contributed by atoms with Crippen LogP contribution in [0.5, 0.6) is 0 Å². The van der Waals surface area contributed by atoms with Crippen LogP contribution >= 0.6 is 0 Å². The number of nitrogens with two attached hydrogens (primary N) is 1. The van der Waals surface area contributed by atoms with Gasteiger partial charge in [-0.25, -0.2) is 0 Å². The molecule has 8 heteroatoms. The van der Waals surface area contributed by atoms with E-state index in [1.807, 2.05) is 29.2 Å². The SMILES string of the molecule is Nc1cnccc1CN1CCC(C(=O)N2CCC(/C(=N\O)c3ccccn3)CC2)CC1. The van der Waals surface area contributed by atoms with Gasteiger partial charge in [0.25, 0.3) is 0 Å². The van der Waals surface area contributed by atoms with Crippen LogP contribution in [0.3, 0.4) is 0 Å². The summed E-state index contributed by atoms with van der Waals surface area (Å²) >= 11 is 0. The van der Waals surface area contributed by atoms with Crippen molar-refractivity contribution in [3.63, 3.8) is 0 Å². The van der Waals surface area contributed by atoms with Gasteiger partial charge in [0.15, 0.2) is 0 Å². The smallest absolute Gasteiger partial charge is 0.225 e. The Bertz CT molecular complexity index is 903. The summed E-state index contributed by atoms with van der Waals surface area (Å²) in [6, 6.07) is 7.56. The Hall–Kier alpha value is -3.00. The van der Waals surface area contributed by atoms with Gasteiger partial charge in [-0.15, -0.1) is 0 Å². The molecule has 2 fully saturated rings. The molecule has 2 aliphatic rings. The van der Waals surface area contributed by atoms with Crippen molar-refractivity contribution in [2.75, 3.05) is 31.9 Å². The molecule has 0 aliphatic carbocycles. The number of likely N-dealkylation sites (tertiary alicyclic amines) is 2. The fourth-order valence-corrected chi connectivity index (χ4v) is 4.65. The van der Waals surface area contributed by atoms with Gasteiger partial charge in [0.1, 0.15) is 5.71 Å². The van der Waals surface area contributed by atoms with Gasteiger partial charge in [-0.3, -0.25) is 19.7 Å². The molecule has 0 radical (unpaired) electrons. The van der Waals surface area contributed by atoms with Gasteiger partial charge < -0.3 is 15.8 Å². The molecule has 0 atom stereocenters. The van der Waals surface area contributed by atoms with Gasteiger partial charge in [0, 0.05) is 43.9 Å². The minimum absolute atomic E-state index is 0.0874. The van der Waals surface area contributed by atoms with Crippen molar-refractivity contribution in [2.24, 2.45) is 17.0 Å². The van der Waals surface area contributed by atoms with Crippen molar-refractivity contribution in [1.82, 2.24) is 19.8 Å². The van der Waals surface area contributed by atoms with E-state index >= 15 is 0 Å². The first kappa shape index (κ1) is 21.2. The maximum Gasteiger partial charge on any atom is 0.225 e. The van der Waals surface area contributed by atoms with Crippen LogP contribution in [0.4, 0.5) is 5.69 Å². The van der Waals surface area contributed by atoms with E-state index in [2.05, 4.69) is 20.0 Å². The van der Waals surface area contributed by atoms with E-state index < -0.39 is 0 Å². The molecule has 4 heterocycles. The van der Waals surface area contributed by atoms with E-state index in [0.29, 0.717) is 24.5 Å². The third-order valence-electron chi connectivity index (χ3n) is 6.51. The lowest BCUT2D eigenvalue weighted by Gasteiger charge is -2.37. The number of amides is 1. The van der Waals surface area contributed by atoms with E-state index in [4.69, 9.17) is 5.73 Å². The molecule has 0 spiro atoms. The van der Waals surface area contributed by atoms with E-state index in [0.717, 1.165) is 56.6 Å². The van der Waals surface area contributed by atoms with Gasteiger partial charge in [0.05, 0.1) is 17.6 Å². The summed E-state index contributed by atoms with van der Waals surface area (Å²) < 4.78 is 0. The highest BCUT2D eigenvalue weighted by molar-refractivity contribution is 6.00. The molecule has 164 valence electrons. The number of hydrogen-bond acceptors (Lipinski definition) is 7. The maximum absolute atomic E-state index is 13.1. The minimum atomic E-state index is 0.0874. The lowest BCUT2D eigenvalue weighted by molar-refractivity contribution is -0.138. The van der Waals surface area contributed by atoms with Gasteiger partial charge in [0.2, 0.25) is 5.91 Å². The molecule has 3 N–H and O–H groups in total. The molecule has 2 saturated heterocycles. The summed E-state index contributed by atoms with van der Waals surface area (Å²) in [5.41, 5.74) is 9.16. The Morgan fingerprint density at radius 1 is 1.06 bits per heavy atom. The first-order chi connectivity index (χ1) is 15.2. The van der Waals surface area contributed by atoms with Gasteiger partial charge in [-0.05, 0) is 62.5 Å². The Morgan fingerprint density at radius 3 is 2.45 bits per heavy atom. The Balaban J connectivity index is 1.26. The van der Waals surface area contributed by atoms with Crippen LogP contribution in [0.15, 0.2) is 48.0 Å². The number of carbonyl (C=O) groups is 1. The molecule has 4 rings (SSSR count). The summed E-state index contributed by atoms with van der Waals surface area (Å²) in [4.78, 5) is 25.8. The number of anilines is 1. The number of nitrogens with zero attached hydrogens (tertiary/aromatic N) is 5. The predicted molar refractivity (Wildman–Crippen MR) is 119 cm³/mol. The molecule has 8 nitrogen and oxygen atoms in total. The van der Waals surface area contributed by atoms with Gasteiger partial charge in [-0.1, -0.05) is 11.2 Å². The van der Waals surface area contributed by atoms with E-state index in [9.17, 15) is 10.0 Å². The Morgan fingerprint density at radius 2 is 1.81 bits per heavy atom. The molecular weight excluding hydrogens is 392 g/mol. The second-order valence-electron chi connectivity index (χ2n) is 8.42. The molecule has 0 bridgehead atoms. The van der Waals surface area contributed by atoms with Crippen molar-refractivity contribution < 1.29 is 10.0 Å². The summed E-state index contributed by atoms with van der Waals surface area (Å²) in [6.45, 7) is 3.99. The maximum atomic E-state index is 13.1. The number of aromatic nitrogens is 2. The standard InChI is InChI=1S/C23H30N6O2/c24-20-15-25-10-4-19(20)16-28-11-5-18(6-12-28)23(30)29-13-7-17(8-14-29)22(27-31)21-3-1-2-9-26-21/h1-4,9-10,15,17-18,31H,5-8,11-14,16,24H2/b27-22+. The van der Waals surface area contributed by atoms with Gasteiger partial charge >= 0.3 is 0 Å². The van der Waals surface area contributed by atoms with Crippen LogP contribution in [0.25, 0.3) is 0 Å². The molecule has 31 heavy (non-hydrogen) atoms. The van der Waals surface area contributed by atoms with Crippen molar-refractivity contribution in [2.45, 2.75) is 32.2 Å². The topological polar surface area (TPSA) is 108 Å². The first-order valence-corrected chi connectivity index (χ1v) is 11.0. The second-order valence-corrected chi connectivity index (χ2v) is 8.42. The normalized spacial score (nSPS) is 19.5. The summed E-state index contributed by atoms with van der Waals surface area (Å²) in [7, 11) is 0. The van der Waals surface area contributed by atoms with Crippen LogP contribution in [0.2, 0.25) is 0 Å². The molecule has 2 aliphatic heterocycles. The van der Waals surface area contributed by atoms with E-state index in [-0.39, 0.29) is 17.7 Å². The van der Waals surface area contributed by atoms with E-state index in [1.54, 1.807) is 18.6 Å². The molecule has 0 aromatic carbocycles. The number of nitrogen functional groups attached to an aromatic ring is 1. The highest BCUT2D eigenvalue weighted by Crippen LogP contribution is 2.26. The first-order valence-electron chi connectivity index (χ1n) is 11.0. The highest BCUT2D eigenvalue weighted by Gasteiger charge is 2.32. The number of pyridine rings is 2. The van der Waals surface area contributed by atoms with E-state index in [1.165, 1.54) is 0 Å². The number of carbonyl (C=O) groups excluding carboxylic acids is 1. The highest BCUT2D eigenvalue weighted by atomic mass is 16.4.